The molecule has 2 unspecified atom stereocenters. The number of halogens is 1. The molecule has 100 valence electrons. The number of anilines is 1. The lowest BCUT2D eigenvalue weighted by atomic mass is 10.0. The molecule has 1 aromatic rings. The number of nitrogens with zero attached hydrogens (tertiary/aromatic N) is 2. The molecule has 0 aromatic carbocycles. The highest BCUT2D eigenvalue weighted by Gasteiger charge is 2.18. The minimum Gasteiger partial charge on any atom is -0.365 e. The van der Waals surface area contributed by atoms with E-state index in [9.17, 15) is 0 Å². The van der Waals surface area contributed by atoms with Crippen LogP contribution in [0.25, 0.3) is 0 Å². The summed E-state index contributed by atoms with van der Waals surface area (Å²) in [5, 5.41) is 3.97. The third-order valence-corrected chi connectivity index (χ3v) is 4.13. The van der Waals surface area contributed by atoms with Crippen LogP contribution < -0.4 is 5.32 Å². The highest BCUT2D eigenvalue weighted by molar-refractivity contribution is 6.31. The molecule has 1 saturated carbocycles. The Hall–Kier alpha value is -0.830. The summed E-state index contributed by atoms with van der Waals surface area (Å²) in [6.45, 7) is 6.25. The molecule has 1 N–H and O–H groups in total. The monoisotopic (exact) mass is 267 g/mol. The lowest BCUT2D eigenvalue weighted by molar-refractivity contribution is 0.502. The quantitative estimate of drug-likeness (QED) is 0.819. The van der Waals surface area contributed by atoms with Crippen LogP contribution in [-0.2, 0) is 0 Å². The molecule has 1 aromatic heterocycles. The predicted molar refractivity (Wildman–Crippen MR) is 76.2 cm³/mol. The Morgan fingerprint density at radius 3 is 2.56 bits per heavy atom. The first-order valence-corrected chi connectivity index (χ1v) is 7.21. The van der Waals surface area contributed by atoms with Gasteiger partial charge in [0.2, 0.25) is 0 Å². The van der Waals surface area contributed by atoms with Crippen LogP contribution in [0.15, 0.2) is 0 Å². The van der Waals surface area contributed by atoms with Crippen molar-refractivity contribution in [3.05, 3.63) is 16.5 Å². The van der Waals surface area contributed by atoms with E-state index in [0.717, 1.165) is 23.1 Å². The van der Waals surface area contributed by atoms with E-state index in [1.807, 2.05) is 13.8 Å². The first-order chi connectivity index (χ1) is 8.56. The molecule has 2 atom stereocenters. The number of aryl methyl sites for hydroxylation is 2. The highest BCUT2D eigenvalue weighted by atomic mass is 35.5. The Morgan fingerprint density at radius 1 is 1.06 bits per heavy atom. The van der Waals surface area contributed by atoms with Crippen LogP contribution in [0.3, 0.4) is 0 Å². The summed E-state index contributed by atoms with van der Waals surface area (Å²) in [4.78, 5) is 8.83. The van der Waals surface area contributed by atoms with Gasteiger partial charge in [0.25, 0.3) is 0 Å². The van der Waals surface area contributed by atoms with Gasteiger partial charge in [-0.3, -0.25) is 0 Å². The van der Waals surface area contributed by atoms with Crippen molar-refractivity contribution >= 4 is 17.4 Å². The van der Waals surface area contributed by atoms with Gasteiger partial charge in [-0.25, -0.2) is 9.97 Å². The van der Waals surface area contributed by atoms with Crippen LogP contribution in [-0.4, -0.2) is 16.0 Å². The van der Waals surface area contributed by atoms with Crippen molar-refractivity contribution in [3.8, 4) is 0 Å². The van der Waals surface area contributed by atoms with E-state index in [2.05, 4.69) is 22.2 Å². The fraction of sp³-hybridized carbons (Fsp3) is 0.714. The fourth-order valence-electron chi connectivity index (χ4n) is 2.49. The summed E-state index contributed by atoms with van der Waals surface area (Å²) in [5.74, 6) is 1.59. The van der Waals surface area contributed by atoms with E-state index in [1.54, 1.807) is 0 Å². The van der Waals surface area contributed by atoms with Crippen LogP contribution in [0, 0.1) is 19.8 Å². The molecule has 0 bridgehead atoms. The largest absolute Gasteiger partial charge is 0.365 e. The Kier molecular flexibility index (Phi) is 4.44. The molecule has 1 aliphatic carbocycles. The zero-order chi connectivity index (χ0) is 13.1. The molecule has 0 radical (unpaired) electrons. The Morgan fingerprint density at radius 2 is 1.78 bits per heavy atom. The van der Waals surface area contributed by atoms with Crippen molar-refractivity contribution in [2.45, 2.75) is 58.9 Å². The summed E-state index contributed by atoms with van der Waals surface area (Å²) in [6.07, 6.45) is 6.31. The van der Waals surface area contributed by atoms with Gasteiger partial charge in [0, 0.05) is 6.04 Å². The minimum atomic E-state index is 0.490. The summed E-state index contributed by atoms with van der Waals surface area (Å²) >= 11 is 6.15. The van der Waals surface area contributed by atoms with Gasteiger partial charge in [-0.05, 0) is 39.0 Å². The Bertz CT molecular complexity index is 420. The lowest BCUT2D eigenvalue weighted by Gasteiger charge is -2.18. The van der Waals surface area contributed by atoms with Gasteiger partial charge in [0.1, 0.15) is 0 Å². The van der Waals surface area contributed by atoms with Crippen molar-refractivity contribution in [2.24, 2.45) is 5.92 Å². The van der Waals surface area contributed by atoms with Gasteiger partial charge in [-0.2, -0.15) is 0 Å². The normalized spacial score (nSPS) is 24.7. The van der Waals surface area contributed by atoms with Crippen LogP contribution in [0.1, 0.15) is 50.4 Å². The molecule has 0 spiro atoms. The van der Waals surface area contributed by atoms with E-state index in [0.29, 0.717) is 11.2 Å². The van der Waals surface area contributed by atoms with Crippen molar-refractivity contribution < 1.29 is 0 Å². The number of hydrogen-bond acceptors (Lipinski definition) is 3. The van der Waals surface area contributed by atoms with Crippen molar-refractivity contribution in [2.75, 3.05) is 5.32 Å². The average Bonchev–Trinajstić information content (AvgIpc) is 2.51. The van der Waals surface area contributed by atoms with Crippen molar-refractivity contribution in [3.63, 3.8) is 0 Å². The number of aromatic nitrogens is 2. The third kappa shape index (κ3) is 3.35. The first-order valence-electron chi connectivity index (χ1n) is 6.83. The molecule has 18 heavy (non-hydrogen) atoms. The van der Waals surface area contributed by atoms with Gasteiger partial charge >= 0.3 is 0 Å². The molecule has 0 aliphatic heterocycles. The van der Waals surface area contributed by atoms with E-state index < -0.39 is 0 Å². The smallest absolute Gasteiger partial charge is 0.171 e. The molecule has 0 amide bonds. The van der Waals surface area contributed by atoms with E-state index in [4.69, 9.17) is 11.6 Å². The maximum absolute atomic E-state index is 6.15. The molecular formula is C14H22ClN3. The number of nitrogens with one attached hydrogen (secondary N) is 1. The average molecular weight is 268 g/mol. The second-order valence-corrected chi connectivity index (χ2v) is 5.85. The molecular weight excluding hydrogens is 246 g/mol. The lowest BCUT2D eigenvalue weighted by Crippen LogP contribution is -2.20. The van der Waals surface area contributed by atoms with Crippen LogP contribution in [0.2, 0.25) is 5.15 Å². The second kappa shape index (κ2) is 5.87. The summed E-state index contributed by atoms with van der Waals surface area (Å²) in [5.41, 5.74) is 1.85. The standard InChI is InChI=1S/C14H22ClN3/c1-9-5-4-6-12(8-7-9)18-14-13(15)16-10(2)11(3)17-14/h9,12H,4-8H2,1-3H3,(H,17,18). The van der Waals surface area contributed by atoms with Gasteiger partial charge in [0.05, 0.1) is 11.4 Å². The van der Waals surface area contributed by atoms with E-state index in [1.165, 1.54) is 32.1 Å². The maximum Gasteiger partial charge on any atom is 0.171 e. The Balaban J connectivity index is 2.06. The predicted octanol–water partition coefficient (Wildman–Crippen LogP) is 4.13. The maximum atomic E-state index is 6.15. The Labute approximate surface area is 114 Å². The minimum absolute atomic E-state index is 0.490. The molecule has 0 saturated heterocycles. The third-order valence-electron chi connectivity index (χ3n) is 3.86. The fourth-order valence-corrected chi connectivity index (χ4v) is 2.72. The molecule has 3 nitrogen and oxygen atoms in total. The van der Waals surface area contributed by atoms with Gasteiger partial charge in [0.15, 0.2) is 11.0 Å². The summed E-state index contributed by atoms with van der Waals surface area (Å²) in [7, 11) is 0. The zero-order valence-electron chi connectivity index (χ0n) is 11.5. The highest BCUT2D eigenvalue weighted by Crippen LogP contribution is 2.26. The summed E-state index contributed by atoms with van der Waals surface area (Å²) in [6, 6.07) is 0.490. The van der Waals surface area contributed by atoms with Crippen LogP contribution in [0.4, 0.5) is 5.82 Å². The van der Waals surface area contributed by atoms with Crippen molar-refractivity contribution in [1.29, 1.82) is 0 Å². The molecule has 1 fully saturated rings. The SMILES string of the molecule is Cc1nc(Cl)c(NC2CCCC(C)CC2)nc1C. The molecule has 1 heterocycles. The van der Waals surface area contributed by atoms with Crippen molar-refractivity contribution in [1.82, 2.24) is 9.97 Å². The van der Waals surface area contributed by atoms with Gasteiger partial charge in [-0.15, -0.1) is 0 Å². The molecule has 2 rings (SSSR count). The number of hydrogen-bond donors (Lipinski definition) is 1. The van der Waals surface area contributed by atoms with E-state index in [-0.39, 0.29) is 0 Å². The summed E-state index contributed by atoms with van der Waals surface area (Å²) < 4.78 is 0. The van der Waals surface area contributed by atoms with Gasteiger partial charge in [-0.1, -0.05) is 31.4 Å². The van der Waals surface area contributed by atoms with Crippen LogP contribution >= 0.6 is 11.6 Å². The van der Waals surface area contributed by atoms with E-state index >= 15 is 0 Å². The molecule has 1 aliphatic rings. The van der Waals surface area contributed by atoms with Gasteiger partial charge < -0.3 is 5.32 Å². The first kappa shape index (κ1) is 13.6. The molecule has 4 heteroatoms. The number of rotatable bonds is 2. The van der Waals surface area contributed by atoms with Crippen LogP contribution in [0.5, 0.6) is 0 Å². The second-order valence-electron chi connectivity index (χ2n) is 5.49. The topological polar surface area (TPSA) is 37.8 Å². The zero-order valence-corrected chi connectivity index (χ0v) is 12.2.